The van der Waals surface area contributed by atoms with Crippen LogP contribution in [0.1, 0.15) is 25.7 Å². The molecule has 3 aromatic heterocycles. The zero-order chi connectivity index (χ0) is 18.8. The number of piperidine rings is 1. The van der Waals surface area contributed by atoms with Gasteiger partial charge in [0.25, 0.3) is 0 Å². The Morgan fingerprint density at radius 3 is 2.93 bits per heavy atom. The van der Waals surface area contributed by atoms with Crippen LogP contribution >= 0.6 is 0 Å². The van der Waals surface area contributed by atoms with Gasteiger partial charge in [-0.2, -0.15) is 4.98 Å². The van der Waals surface area contributed by atoms with Gasteiger partial charge in [-0.3, -0.25) is 9.88 Å². The van der Waals surface area contributed by atoms with Crippen molar-refractivity contribution in [3.05, 3.63) is 30.4 Å². The molecule has 1 aliphatic heterocycles. The van der Waals surface area contributed by atoms with Gasteiger partial charge in [0.1, 0.15) is 5.58 Å². The van der Waals surface area contributed by atoms with Crippen LogP contribution in [0.15, 0.2) is 33.5 Å². The van der Waals surface area contributed by atoms with Gasteiger partial charge in [-0.25, -0.2) is 4.79 Å². The number of rotatable bonds is 5. The maximum absolute atomic E-state index is 11.1. The summed E-state index contributed by atoms with van der Waals surface area (Å²) in [5.74, 6) is 1.48. The number of amides is 1. The molecule has 9 nitrogen and oxygen atoms in total. The molecule has 0 saturated carbocycles. The summed E-state index contributed by atoms with van der Waals surface area (Å²) < 4.78 is 11.2. The molecule has 4 heterocycles. The van der Waals surface area contributed by atoms with Crippen LogP contribution in [-0.4, -0.2) is 61.8 Å². The molecule has 1 fully saturated rings. The van der Waals surface area contributed by atoms with Gasteiger partial charge in [-0.15, -0.1) is 0 Å². The molecule has 3 aromatic rings. The fourth-order valence-electron chi connectivity index (χ4n) is 3.51. The predicted octanol–water partition coefficient (Wildman–Crippen LogP) is 2.84. The van der Waals surface area contributed by atoms with E-state index in [1.54, 1.807) is 18.5 Å². The van der Waals surface area contributed by atoms with Gasteiger partial charge in [-0.05, 0) is 31.5 Å². The minimum Gasteiger partial charge on any atom is -0.465 e. The van der Waals surface area contributed by atoms with E-state index in [9.17, 15) is 4.79 Å². The van der Waals surface area contributed by atoms with Gasteiger partial charge >= 0.3 is 6.09 Å². The van der Waals surface area contributed by atoms with E-state index in [0.29, 0.717) is 43.2 Å². The number of likely N-dealkylation sites (tertiary alicyclic amines) is 1. The molecule has 142 valence electrons. The fourth-order valence-corrected chi connectivity index (χ4v) is 3.51. The van der Waals surface area contributed by atoms with Crippen LogP contribution in [0, 0.1) is 0 Å². The van der Waals surface area contributed by atoms with E-state index in [1.165, 1.54) is 4.90 Å². The Balaban J connectivity index is 1.44. The maximum atomic E-state index is 11.1. The number of hydrogen-bond donors (Lipinski definition) is 1. The second-order valence-electron chi connectivity index (χ2n) is 6.60. The first-order valence-electron chi connectivity index (χ1n) is 9.02. The summed E-state index contributed by atoms with van der Waals surface area (Å²) in [4.78, 5) is 23.3. The summed E-state index contributed by atoms with van der Waals surface area (Å²) in [5, 5.41) is 14.0. The highest BCUT2D eigenvalue weighted by atomic mass is 16.5. The average Bonchev–Trinajstić information content (AvgIpc) is 3.32. The summed E-state index contributed by atoms with van der Waals surface area (Å²) in [6.07, 6.45) is 4.16. The zero-order valence-corrected chi connectivity index (χ0v) is 15.0. The molecule has 0 radical (unpaired) electrons. The van der Waals surface area contributed by atoms with Crippen molar-refractivity contribution in [3.8, 4) is 11.6 Å². The number of pyridine rings is 1. The Morgan fingerprint density at radius 2 is 2.22 bits per heavy atom. The van der Waals surface area contributed by atoms with Crippen molar-refractivity contribution < 1.29 is 18.8 Å². The second-order valence-corrected chi connectivity index (χ2v) is 6.60. The monoisotopic (exact) mass is 371 g/mol. The molecular formula is C18H21N5O4. The number of carbonyl (C=O) groups is 1. The Hall–Kier alpha value is -2.94. The molecule has 1 saturated heterocycles. The summed E-state index contributed by atoms with van der Waals surface area (Å²) >= 11 is 0. The van der Waals surface area contributed by atoms with Crippen LogP contribution in [0.25, 0.3) is 22.6 Å². The molecule has 9 heteroatoms. The quantitative estimate of drug-likeness (QED) is 0.729. The molecule has 1 N–H and O–H groups in total. The van der Waals surface area contributed by atoms with E-state index in [0.717, 1.165) is 30.4 Å². The van der Waals surface area contributed by atoms with E-state index < -0.39 is 6.09 Å². The van der Waals surface area contributed by atoms with E-state index in [-0.39, 0.29) is 0 Å². The standard InChI is InChI=1S/C18H21N5O4/c1-2-22(13-4-7-23(8-5-13)18(24)25)11-16-20-17(21-27-16)15-9-12-10-19-6-3-14(12)26-15/h3,6,9-10,13H,2,4-5,7-8,11H2,1H3,(H,24,25). The van der Waals surface area contributed by atoms with Gasteiger partial charge in [0.2, 0.25) is 11.7 Å². The first-order chi connectivity index (χ1) is 13.1. The van der Waals surface area contributed by atoms with Crippen LogP contribution in [-0.2, 0) is 6.54 Å². The summed E-state index contributed by atoms with van der Waals surface area (Å²) in [5.41, 5.74) is 0.728. The van der Waals surface area contributed by atoms with Gasteiger partial charge in [0.05, 0.1) is 6.54 Å². The second kappa shape index (κ2) is 7.36. The molecule has 0 spiro atoms. The zero-order valence-electron chi connectivity index (χ0n) is 15.0. The van der Waals surface area contributed by atoms with Crippen molar-refractivity contribution in [1.29, 1.82) is 0 Å². The molecule has 0 atom stereocenters. The Labute approximate surface area is 155 Å². The number of aromatic nitrogens is 3. The van der Waals surface area contributed by atoms with E-state index in [4.69, 9.17) is 14.0 Å². The highest BCUT2D eigenvalue weighted by molar-refractivity contribution is 5.80. The first kappa shape index (κ1) is 17.5. The van der Waals surface area contributed by atoms with Crippen molar-refractivity contribution in [2.45, 2.75) is 32.4 Å². The van der Waals surface area contributed by atoms with Crippen molar-refractivity contribution in [1.82, 2.24) is 24.9 Å². The number of hydrogen-bond acceptors (Lipinski definition) is 7. The highest BCUT2D eigenvalue weighted by Crippen LogP contribution is 2.26. The van der Waals surface area contributed by atoms with E-state index in [1.807, 2.05) is 6.07 Å². The van der Waals surface area contributed by atoms with Gasteiger partial charge in [0.15, 0.2) is 5.76 Å². The lowest BCUT2D eigenvalue weighted by Gasteiger charge is -2.36. The van der Waals surface area contributed by atoms with E-state index in [2.05, 4.69) is 26.9 Å². The van der Waals surface area contributed by atoms with Crippen molar-refractivity contribution >= 4 is 17.1 Å². The van der Waals surface area contributed by atoms with Crippen molar-refractivity contribution in [2.24, 2.45) is 0 Å². The van der Waals surface area contributed by atoms with Crippen LogP contribution in [0.3, 0.4) is 0 Å². The first-order valence-corrected chi connectivity index (χ1v) is 9.02. The number of fused-ring (bicyclic) bond motifs is 1. The molecule has 0 aliphatic carbocycles. The van der Waals surface area contributed by atoms with Crippen molar-refractivity contribution in [3.63, 3.8) is 0 Å². The van der Waals surface area contributed by atoms with E-state index >= 15 is 0 Å². The molecule has 0 bridgehead atoms. The smallest absolute Gasteiger partial charge is 0.407 e. The SMILES string of the molecule is CCN(Cc1nc(-c2cc3cnccc3o2)no1)C1CCN(C(=O)O)CC1. The topological polar surface area (TPSA) is 109 Å². The third-order valence-corrected chi connectivity index (χ3v) is 5.00. The Bertz CT molecular complexity index is 896. The molecule has 0 unspecified atom stereocenters. The maximum Gasteiger partial charge on any atom is 0.407 e. The van der Waals surface area contributed by atoms with Crippen LogP contribution in [0.2, 0.25) is 0 Å². The van der Waals surface area contributed by atoms with Crippen molar-refractivity contribution in [2.75, 3.05) is 19.6 Å². The summed E-state index contributed by atoms with van der Waals surface area (Å²) in [7, 11) is 0. The third-order valence-electron chi connectivity index (χ3n) is 5.00. The lowest BCUT2D eigenvalue weighted by atomic mass is 10.0. The molecule has 1 amide bonds. The minimum atomic E-state index is -0.848. The molecule has 27 heavy (non-hydrogen) atoms. The predicted molar refractivity (Wildman–Crippen MR) is 96.0 cm³/mol. The summed E-state index contributed by atoms with van der Waals surface area (Å²) in [6.45, 7) is 4.54. The lowest BCUT2D eigenvalue weighted by Crippen LogP contribution is -2.46. The number of nitrogens with zero attached hydrogens (tertiary/aromatic N) is 5. The Kier molecular flexibility index (Phi) is 4.76. The molecule has 1 aliphatic rings. The highest BCUT2D eigenvalue weighted by Gasteiger charge is 2.27. The number of carboxylic acid groups (broad SMARTS) is 1. The van der Waals surface area contributed by atoms with Gasteiger partial charge in [-0.1, -0.05) is 12.1 Å². The molecular weight excluding hydrogens is 350 g/mol. The van der Waals surface area contributed by atoms with Crippen LogP contribution in [0.5, 0.6) is 0 Å². The lowest BCUT2D eigenvalue weighted by molar-refractivity contribution is 0.0883. The van der Waals surface area contributed by atoms with Crippen LogP contribution in [0.4, 0.5) is 4.79 Å². The normalized spacial score (nSPS) is 15.7. The Morgan fingerprint density at radius 1 is 1.41 bits per heavy atom. The average molecular weight is 371 g/mol. The third kappa shape index (κ3) is 3.63. The van der Waals surface area contributed by atoms with Gasteiger partial charge in [0, 0.05) is 36.9 Å². The molecule has 4 rings (SSSR count). The number of furan rings is 1. The largest absolute Gasteiger partial charge is 0.465 e. The van der Waals surface area contributed by atoms with Gasteiger partial charge < -0.3 is 18.9 Å². The van der Waals surface area contributed by atoms with Crippen LogP contribution < -0.4 is 0 Å². The fraction of sp³-hybridized carbons (Fsp3) is 0.444. The molecule has 0 aromatic carbocycles. The minimum absolute atomic E-state index is 0.304. The summed E-state index contributed by atoms with van der Waals surface area (Å²) in [6, 6.07) is 3.94.